The highest BCUT2D eigenvalue weighted by Gasteiger charge is 2.17. The van der Waals surface area contributed by atoms with Gasteiger partial charge in [-0.2, -0.15) is 0 Å². The second kappa shape index (κ2) is 10.1. The van der Waals surface area contributed by atoms with Crippen molar-refractivity contribution < 1.29 is 9.72 Å². The number of nitro groups is 1. The highest BCUT2D eigenvalue weighted by atomic mass is 16.6. The van der Waals surface area contributed by atoms with E-state index in [2.05, 4.69) is 10.6 Å². The van der Waals surface area contributed by atoms with Crippen molar-refractivity contribution in [3.05, 3.63) is 100 Å². The van der Waals surface area contributed by atoms with Crippen LogP contribution in [-0.2, 0) is 6.54 Å². The number of amides is 1. The first-order valence-corrected chi connectivity index (χ1v) is 9.65. The molecule has 7 heteroatoms. The molecule has 30 heavy (non-hydrogen) atoms. The van der Waals surface area contributed by atoms with Gasteiger partial charge in [0, 0.05) is 44.0 Å². The number of carbonyl (C=O) groups is 1. The largest absolute Gasteiger partial charge is 0.375 e. The van der Waals surface area contributed by atoms with Gasteiger partial charge in [-0.3, -0.25) is 14.9 Å². The predicted molar refractivity (Wildman–Crippen MR) is 119 cm³/mol. The monoisotopic (exact) mass is 404 g/mol. The molecule has 154 valence electrons. The average molecular weight is 404 g/mol. The van der Waals surface area contributed by atoms with E-state index >= 15 is 0 Å². The summed E-state index contributed by atoms with van der Waals surface area (Å²) >= 11 is 0. The van der Waals surface area contributed by atoms with Crippen molar-refractivity contribution in [3.8, 4) is 0 Å². The number of hydrogen-bond donors (Lipinski definition) is 2. The third kappa shape index (κ3) is 5.57. The Morgan fingerprint density at radius 1 is 1.00 bits per heavy atom. The van der Waals surface area contributed by atoms with Gasteiger partial charge in [0.1, 0.15) is 5.69 Å². The van der Waals surface area contributed by atoms with Crippen molar-refractivity contribution in [1.29, 1.82) is 0 Å². The number of likely N-dealkylation sites (N-methyl/N-ethyl adjacent to an activating group) is 1. The zero-order valence-corrected chi connectivity index (χ0v) is 16.7. The lowest BCUT2D eigenvalue weighted by atomic mass is 10.1. The average Bonchev–Trinajstić information content (AvgIpc) is 2.78. The summed E-state index contributed by atoms with van der Waals surface area (Å²) in [7, 11) is 1.94. The second-order valence-corrected chi connectivity index (χ2v) is 6.84. The molecule has 2 N–H and O–H groups in total. The molecule has 0 unspecified atom stereocenters. The van der Waals surface area contributed by atoms with Gasteiger partial charge < -0.3 is 15.5 Å². The SMILES string of the molecule is CN(CCNC(=O)c1ccc(NCc2ccccc2)c([N+](=O)[O-])c1)c1ccccc1. The number of hydrogen-bond acceptors (Lipinski definition) is 5. The predicted octanol–water partition coefficient (Wildman–Crippen LogP) is 4.07. The molecule has 0 aliphatic carbocycles. The number of anilines is 2. The molecule has 0 aromatic heterocycles. The second-order valence-electron chi connectivity index (χ2n) is 6.84. The van der Waals surface area contributed by atoms with E-state index in [9.17, 15) is 14.9 Å². The van der Waals surface area contributed by atoms with E-state index in [0.29, 0.717) is 25.3 Å². The molecule has 0 saturated carbocycles. The van der Waals surface area contributed by atoms with Gasteiger partial charge in [-0.05, 0) is 29.8 Å². The highest BCUT2D eigenvalue weighted by Crippen LogP contribution is 2.26. The van der Waals surface area contributed by atoms with Crippen LogP contribution in [-0.4, -0.2) is 31.0 Å². The first-order chi connectivity index (χ1) is 14.5. The summed E-state index contributed by atoms with van der Waals surface area (Å²) in [6.07, 6.45) is 0. The van der Waals surface area contributed by atoms with Gasteiger partial charge in [-0.1, -0.05) is 48.5 Å². The smallest absolute Gasteiger partial charge is 0.293 e. The van der Waals surface area contributed by atoms with Crippen molar-refractivity contribution in [3.63, 3.8) is 0 Å². The van der Waals surface area contributed by atoms with Crippen LogP contribution in [0.2, 0.25) is 0 Å². The van der Waals surface area contributed by atoms with E-state index < -0.39 is 4.92 Å². The minimum atomic E-state index is -0.479. The van der Waals surface area contributed by atoms with Gasteiger partial charge in [-0.25, -0.2) is 0 Å². The quantitative estimate of drug-likeness (QED) is 0.415. The summed E-state index contributed by atoms with van der Waals surface area (Å²) < 4.78 is 0. The molecule has 7 nitrogen and oxygen atoms in total. The van der Waals surface area contributed by atoms with Crippen LogP contribution in [0.4, 0.5) is 17.1 Å². The zero-order valence-electron chi connectivity index (χ0n) is 16.7. The summed E-state index contributed by atoms with van der Waals surface area (Å²) in [5, 5.41) is 17.4. The van der Waals surface area contributed by atoms with Crippen molar-refractivity contribution in [2.45, 2.75) is 6.54 Å². The van der Waals surface area contributed by atoms with E-state index in [0.717, 1.165) is 11.3 Å². The fourth-order valence-corrected chi connectivity index (χ4v) is 3.02. The van der Waals surface area contributed by atoms with Crippen LogP contribution in [0.15, 0.2) is 78.9 Å². The standard InChI is InChI=1S/C23H24N4O3/c1-26(20-10-6-3-7-11-20)15-14-24-23(28)19-12-13-21(22(16-19)27(29)30)25-17-18-8-4-2-5-9-18/h2-13,16,25H,14-15,17H2,1H3,(H,24,28). The molecule has 0 aliphatic rings. The number of nitrogens with one attached hydrogen (secondary N) is 2. The maximum Gasteiger partial charge on any atom is 0.293 e. The van der Waals surface area contributed by atoms with Gasteiger partial charge in [0.15, 0.2) is 0 Å². The Kier molecular flexibility index (Phi) is 7.00. The number of nitrogens with zero attached hydrogens (tertiary/aromatic N) is 2. The molecule has 0 atom stereocenters. The van der Waals surface area contributed by atoms with Gasteiger partial charge >= 0.3 is 0 Å². The van der Waals surface area contributed by atoms with Crippen LogP contribution in [0, 0.1) is 10.1 Å². The van der Waals surface area contributed by atoms with E-state index in [1.54, 1.807) is 12.1 Å². The minimum Gasteiger partial charge on any atom is -0.375 e. The Bertz CT molecular complexity index is 994. The molecular weight excluding hydrogens is 380 g/mol. The highest BCUT2D eigenvalue weighted by molar-refractivity contribution is 5.95. The number of nitro benzene ring substituents is 1. The van der Waals surface area contributed by atoms with Gasteiger partial charge in [-0.15, -0.1) is 0 Å². The maximum absolute atomic E-state index is 12.5. The van der Waals surface area contributed by atoms with Crippen LogP contribution in [0.25, 0.3) is 0 Å². The first kappa shape index (κ1) is 20.9. The van der Waals surface area contributed by atoms with Crippen LogP contribution < -0.4 is 15.5 Å². The molecule has 0 radical (unpaired) electrons. The third-order valence-corrected chi connectivity index (χ3v) is 4.71. The molecule has 1 amide bonds. The molecule has 0 saturated heterocycles. The fourth-order valence-electron chi connectivity index (χ4n) is 3.02. The molecular formula is C23H24N4O3. The first-order valence-electron chi connectivity index (χ1n) is 9.65. The molecule has 0 fully saturated rings. The van der Waals surface area contributed by atoms with Crippen LogP contribution in [0.5, 0.6) is 0 Å². The number of para-hydroxylation sites is 1. The lowest BCUT2D eigenvalue weighted by Crippen LogP contribution is -2.33. The van der Waals surface area contributed by atoms with Crippen molar-refractivity contribution in [1.82, 2.24) is 5.32 Å². The van der Waals surface area contributed by atoms with Crippen LogP contribution in [0.1, 0.15) is 15.9 Å². The van der Waals surface area contributed by atoms with Gasteiger partial charge in [0.2, 0.25) is 0 Å². The Morgan fingerprint density at radius 3 is 2.33 bits per heavy atom. The molecule has 3 aromatic carbocycles. The lowest BCUT2D eigenvalue weighted by Gasteiger charge is -2.19. The summed E-state index contributed by atoms with van der Waals surface area (Å²) in [5.74, 6) is -0.339. The van der Waals surface area contributed by atoms with E-state index in [1.807, 2.05) is 72.6 Å². The Morgan fingerprint density at radius 2 is 1.67 bits per heavy atom. The topological polar surface area (TPSA) is 87.5 Å². The summed E-state index contributed by atoms with van der Waals surface area (Å²) in [5.41, 5.74) is 2.57. The molecule has 3 aromatic rings. The lowest BCUT2D eigenvalue weighted by molar-refractivity contribution is -0.384. The van der Waals surface area contributed by atoms with Gasteiger partial charge in [0.25, 0.3) is 11.6 Å². The zero-order chi connectivity index (χ0) is 21.3. The Hall–Kier alpha value is -3.87. The van der Waals surface area contributed by atoms with Crippen LogP contribution in [0.3, 0.4) is 0 Å². The van der Waals surface area contributed by atoms with E-state index in [-0.39, 0.29) is 17.2 Å². The summed E-state index contributed by atoms with van der Waals surface area (Å²) in [6, 6.07) is 23.9. The van der Waals surface area contributed by atoms with Crippen LogP contribution >= 0.6 is 0 Å². The minimum absolute atomic E-state index is 0.125. The van der Waals surface area contributed by atoms with Crippen molar-refractivity contribution in [2.24, 2.45) is 0 Å². The molecule has 0 aliphatic heterocycles. The van der Waals surface area contributed by atoms with Gasteiger partial charge in [0.05, 0.1) is 4.92 Å². The normalized spacial score (nSPS) is 10.3. The molecule has 0 spiro atoms. The van der Waals surface area contributed by atoms with E-state index in [1.165, 1.54) is 6.07 Å². The Labute approximate surface area is 175 Å². The maximum atomic E-state index is 12.5. The third-order valence-electron chi connectivity index (χ3n) is 4.71. The molecule has 0 heterocycles. The number of carbonyl (C=O) groups excluding carboxylic acids is 1. The number of rotatable bonds is 9. The van der Waals surface area contributed by atoms with E-state index in [4.69, 9.17) is 0 Å². The Balaban J connectivity index is 1.60. The van der Waals surface area contributed by atoms with Crippen molar-refractivity contribution >= 4 is 23.0 Å². The number of benzene rings is 3. The molecule has 0 bridgehead atoms. The molecule has 3 rings (SSSR count). The summed E-state index contributed by atoms with van der Waals surface area (Å²) in [4.78, 5) is 25.5. The summed E-state index contributed by atoms with van der Waals surface area (Å²) in [6.45, 7) is 1.50. The van der Waals surface area contributed by atoms with Crippen molar-refractivity contribution in [2.75, 3.05) is 30.4 Å². The fraction of sp³-hybridized carbons (Fsp3) is 0.174.